The summed E-state index contributed by atoms with van der Waals surface area (Å²) in [5.41, 5.74) is 4.10. The zero-order chi connectivity index (χ0) is 15.3. The first kappa shape index (κ1) is 16.8. The van der Waals surface area contributed by atoms with Crippen molar-refractivity contribution in [1.82, 2.24) is 0 Å². The predicted octanol–water partition coefficient (Wildman–Crippen LogP) is 3.92. The Kier molecular flexibility index (Phi) is 6.34. The number of alkyl halides is 1. The smallest absolute Gasteiger partial charge is 0.342 e. The number of carbonyl (C=O) groups is 1. The molecule has 1 N–H and O–H groups in total. The average molecular weight is 299 g/mol. The molecule has 3 nitrogen and oxygen atoms in total. The Morgan fingerprint density at radius 1 is 1.20 bits per heavy atom. The van der Waals surface area contributed by atoms with E-state index in [1.165, 1.54) is 0 Å². The molecular weight excluding hydrogens is 276 g/mol. The third-order valence-electron chi connectivity index (χ3n) is 3.65. The highest BCUT2D eigenvalue weighted by Gasteiger charge is 2.23. The first-order valence-corrected chi connectivity index (χ1v) is 7.59. The van der Waals surface area contributed by atoms with Gasteiger partial charge in [0.1, 0.15) is 11.3 Å². The molecule has 0 spiro atoms. The molecule has 4 heteroatoms. The Hall–Kier alpha value is -1.22. The highest BCUT2D eigenvalue weighted by molar-refractivity contribution is 6.17. The molecule has 1 rings (SSSR count). The van der Waals surface area contributed by atoms with Crippen molar-refractivity contribution >= 4 is 17.6 Å². The van der Waals surface area contributed by atoms with Gasteiger partial charge in [0.05, 0.1) is 6.61 Å². The highest BCUT2D eigenvalue weighted by Crippen LogP contribution is 2.34. The monoisotopic (exact) mass is 298 g/mol. The minimum atomic E-state index is -0.454. The Morgan fingerprint density at radius 3 is 2.35 bits per heavy atom. The van der Waals surface area contributed by atoms with Gasteiger partial charge in [-0.25, -0.2) is 4.79 Å². The Labute approximate surface area is 125 Å². The van der Waals surface area contributed by atoms with E-state index < -0.39 is 5.97 Å². The number of hydrogen-bond donors (Lipinski definition) is 1. The van der Waals surface area contributed by atoms with E-state index in [2.05, 4.69) is 0 Å². The van der Waals surface area contributed by atoms with E-state index in [1.54, 1.807) is 6.92 Å². The van der Waals surface area contributed by atoms with Gasteiger partial charge in [0, 0.05) is 5.88 Å². The van der Waals surface area contributed by atoms with Crippen LogP contribution in [0.4, 0.5) is 0 Å². The fourth-order valence-electron chi connectivity index (χ4n) is 2.65. The van der Waals surface area contributed by atoms with E-state index in [1.807, 2.05) is 20.8 Å². The van der Waals surface area contributed by atoms with Crippen LogP contribution in [0, 0.1) is 13.8 Å². The van der Waals surface area contributed by atoms with Crippen molar-refractivity contribution < 1.29 is 14.6 Å². The largest absolute Gasteiger partial charge is 0.507 e. The first-order chi connectivity index (χ1) is 9.49. The van der Waals surface area contributed by atoms with Gasteiger partial charge in [0.25, 0.3) is 0 Å². The van der Waals surface area contributed by atoms with Crippen LogP contribution >= 0.6 is 11.6 Å². The maximum atomic E-state index is 12.1. The second-order valence-electron chi connectivity index (χ2n) is 4.80. The Morgan fingerprint density at radius 2 is 1.85 bits per heavy atom. The summed E-state index contributed by atoms with van der Waals surface area (Å²) < 4.78 is 5.06. The number of benzene rings is 1. The second-order valence-corrected chi connectivity index (χ2v) is 5.18. The molecule has 0 bridgehead atoms. The van der Waals surface area contributed by atoms with Crippen LogP contribution in [0.1, 0.15) is 52.9 Å². The standard InChI is InChI=1S/C16H23ClO3/c1-5-12-10(3)13(8-7-9-17)15(18)14(11(12)4)16(19)20-6-2/h18H,5-9H2,1-4H3. The molecule has 0 aliphatic heterocycles. The lowest BCUT2D eigenvalue weighted by molar-refractivity contribution is 0.0522. The maximum Gasteiger partial charge on any atom is 0.342 e. The summed E-state index contributed by atoms with van der Waals surface area (Å²) in [5, 5.41) is 10.5. The molecule has 112 valence electrons. The summed E-state index contributed by atoms with van der Waals surface area (Å²) in [6.45, 7) is 7.96. The predicted molar refractivity (Wildman–Crippen MR) is 82.0 cm³/mol. The number of carbonyl (C=O) groups excluding carboxylic acids is 1. The number of phenolic OH excluding ortho intramolecular Hbond substituents is 1. The van der Waals surface area contributed by atoms with Crippen LogP contribution in [-0.4, -0.2) is 23.6 Å². The topological polar surface area (TPSA) is 46.5 Å². The minimum absolute atomic E-state index is 0.0563. The normalized spacial score (nSPS) is 10.7. The van der Waals surface area contributed by atoms with E-state index in [-0.39, 0.29) is 5.75 Å². The Bertz CT molecular complexity index is 495. The molecule has 0 atom stereocenters. The summed E-state index contributed by atoms with van der Waals surface area (Å²) in [6, 6.07) is 0. The molecule has 0 saturated heterocycles. The van der Waals surface area contributed by atoms with Crippen molar-refractivity contribution in [2.75, 3.05) is 12.5 Å². The third-order valence-corrected chi connectivity index (χ3v) is 3.92. The molecule has 0 aromatic heterocycles. The van der Waals surface area contributed by atoms with Crippen LogP contribution in [0.3, 0.4) is 0 Å². The van der Waals surface area contributed by atoms with Crippen LogP contribution in [0.2, 0.25) is 0 Å². The van der Waals surface area contributed by atoms with Crippen molar-refractivity contribution in [3.05, 3.63) is 27.8 Å². The molecule has 0 heterocycles. The fourth-order valence-corrected chi connectivity index (χ4v) is 2.79. The van der Waals surface area contributed by atoms with Crippen molar-refractivity contribution in [2.45, 2.75) is 47.0 Å². The summed E-state index contributed by atoms with van der Waals surface area (Å²) in [5.74, 6) is 0.133. The molecular formula is C16H23ClO3. The van der Waals surface area contributed by atoms with E-state index in [9.17, 15) is 9.90 Å². The number of esters is 1. The average Bonchev–Trinajstić information content (AvgIpc) is 2.39. The molecule has 0 amide bonds. The number of phenols is 1. The van der Waals surface area contributed by atoms with Gasteiger partial charge in [-0.2, -0.15) is 0 Å². The van der Waals surface area contributed by atoms with Gasteiger partial charge in [-0.3, -0.25) is 0 Å². The zero-order valence-corrected chi connectivity index (χ0v) is 13.4. The Balaban J connectivity index is 3.46. The zero-order valence-electron chi connectivity index (χ0n) is 12.7. The lowest BCUT2D eigenvalue weighted by Gasteiger charge is -2.19. The highest BCUT2D eigenvalue weighted by atomic mass is 35.5. The molecule has 0 unspecified atom stereocenters. The SMILES string of the molecule is CCOC(=O)c1c(C)c(CC)c(C)c(CCCCl)c1O. The minimum Gasteiger partial charge on any atom is -0.507 e. The number of rotatable bonds is 6. The van der Waals surface area contributed by atoms with Crippen molar-refractivity contribution in [2.24, 2.45) is 0 Å². The van der Waals surface area contributed by atoms with Gasteiger partial charge < -0.3 is 9.84 Å². The molecule has 20 heavy (non-hydrogen) atoms. The van der Waals surface area contributed by atoms with Gasteiger partial charge in [-0.15, -0.1) is 11.6 Å². The van der Waals surface area contributed by atoms with Crippen LogP contribution < -0.4 is 0 Å². The van der Waals surface area contributed by atoms with Crippen molar-refractivity contribution in [3.63, 3.8) is 0 Å². The molecule has 0 aliphatic rings. The third kappa shape index (κ3) is 3.26. The van der Waals surface area contributed by atoms with Crippen LogP contribution in [0.15, 0.2) is 0 Å². The maximum absolute atomic E-state index is 12.1. The molecule has 1 aromatic carbocycles. The van der Waals surface area contributed by atoms with E-state index in [0.29, 0.717) is 24.5 Å². The number of aromatic hydroxyl groups is 1. The van der Waals surface area contributed by atoms with E-state index >= 15 is 0 Å². The summed E-state index contributed by atoms with van der Waals surface area (Å²) in [7, 11) is 0. The van der Waals surface area contributed by atoms with Gasteiger partial charge in [0.15, 0.2) is 0 Å². The van der Waals surface area contributed by atoms with Crippen molar-refractivity contribution in [1.29, 1.82) is 0 Å². The van der Waals surface area contributed by atoms with Gasteiger partial charge in [-0.1, -0.05) is 6.92 Å². The first-order valence-electron chi connectivity index (χ1n) is 7.06. The fraction of sp³-hybridized carbons (Fsp3) is 0.562. The summed E-state index contributed by atoms with van der Waals surface area (Å²) >= 11 is 5.74. The second kappa shape index (κ2) is 7.53. The summed E-state index contributed by atoms with van der Waals surface area (Å²) in [6.07, 6.45) is 2.25. The van der Waals surface area contributed by atoms with Crippen LogP contribution in [-0.2, 0) is 17.6 Å². The molecule has 1 aromatic rings. The quantitative estimate of drug-likeness (QED) is 0.639. The van der Waals surface area contributed by atoms with Crippen molar-refractivity contribution in [3.8, 4) is 5.75 Å². The number of hydrogen-bond acceptors (Lipinski definition) is 3. The van der Waals surface area contributed by atoms with Crippen LogP contribution in [0.25, 0.3) is 0 Å². The van der Waals surface area contributed by atoms with E-state index in [0.717, 1.165) is 35.1 Å². The lowest BCUT2D eigenvalue weighted by Crippen LogP contribution is -2.12. The van der Waals surface area contributed by atoms with Crippen LogP contribution in [0.5, 0.6) is 5.75 Å². The number of ether oxygens (including phenoxy) is 1. The van der Waals surface area contributed by atoms with Gasteiger partial charge >= 0.3 is 5.97 Å². The molecule has 0 radical (unpaired) electrons. The molecule has 0 saturated carbocycles. The number of halogens is 1. The van der Waals surface area contributed by atoms with Gasteiger partial charge in [-0.05, 0) is 62.3 Å². The summed E-state index contributed by atoms with van der Waals surface area (Å²) in [4.78, 5) is 12.1. The lowest BCUT2D eigenvalue weighted by atomic mass is 9.88. The molecule has 0 aliphatic carbocycles. The van der Waals surface area contributed by atoms with Gasteiger partial charge in [0.2, 0.25) is 0 Å². The molecule has 0 fully saturated rings. The van der Waals surface area contributed by atoms with E-state index in [4.69, 9.17) is 16.3 Å².